The third-order valence-electron chi connectivity index (χ3n) is 11.3. The van der Waals surface area contributed by atoms with E-state index in [9.17, 15) is 0 Å². The summed E-state index contributed by atoms with van der Waals surface area (Å²) in [5.74, 6) is 1.62. The van der Waals surface area contributed by atoms with Crippen molar-refractivity contribution in [3.63, 3.8) is 0 Å². The average Bonchev–Trinajstić information content (AvgIpc) is 3.91. The third-order valence-corrected chi connectivity index (χ3v) is 13.4. The van der Waals surface area contributed by atoms with E-state index < -0.39 is 8.07 Å². The van der Waals surface area contributed by atoms with Crippen molar-refractivity contribution >= 4 is 35.3 Å². The van der Waals surface area contributed by atoms with E-state index in [1.165, 1.54) is 63.4 Å². The first-order chi connectivity index (χ1) is 24.1. The Morgan fingerprint density at radius 2 is 1.59 bits per heavy atom. The van der Waals surface area contributed by atoms with Crippen molar-refractivity contribution in [2.45, 2.75) is 104 Å². The zero-order valence-corrected chi connectivity index (χ0v) is 34.5. The van der Waals surface area contributed by atoms with Crippen LogP contribution in [0.3, 0.4) is 0 Å². The summed E-state index contributed by atoms with van der Waals surface area (Å²) in [4.78, 5) is 14.0. The summed E-state index contributed by atoms with van der Waals surface area (Å²) >= 11 is 0. The van der Waals surface area contributed by atoms with Gasteiger partial charge in [-0.05, 0) is 83.8 Å². The van der Waals surface area contributed by atoms with Crippen LogP contribution in [0.5, 0.6) is 0 Å². The Morgan fingerprint density at radius 1 is 0.824 bits per heavy atom. The summed E-state index contributed by atoms with van der Waals surface area (Å²) in [6, 6.07) is 29.7. The molecule has 2 aliphatic carbocycles. The standard InChI is InChI=1S/C25H25N2O.C20H26NSi.Ir/c1-16-11-12-20-19-9-6-10-21(23(19)28-24(20)27-16)22-15-18(13-14-26-22)25(2,3)17-7-4-5-8-17;1-22(2,3)20-15-21-19(17-11-5-4-6-12-17)14-18(20)13-16-9-7-8-10-16;/h6,9,11-15,17H,4-5,7-8H2,1-3H3;4-6,11,14-16H,7-10,13H2,1-3H3;/q2*-1;. The molecule has 4 heterocycles. The molecule has 6 heteroatoms. The second-order valence-electron chi connectivity index (χ2n) is 16.2. The number of pyridine rings is 3. The second kappa shape index (κ2) is 15.7. The molecule has 0 bridgehead atoms. The zero-order chi connectivity index (χ0) is 34.9. The Balaban J connectivity index is 0.000000178. The topological polar surface area (TPSA) is 51.8 Å². The van der Waals surface area contributed by atoms with Gasteiger partial charge in [-0.25, -0.2) is 4.98 Å². The molecule has 0 N–H and O–H groups in total. The van der Waals surface area contributed by atoms with Gasteiger partial charge < -0.3 is 14.4 Å². The molecular weight excluding hydrogens is 819 g/mol. The van der Waals surface area contributed by atoms with Crippen molar-refractivity contribution < 1.29 is 24.5 Å². The molecule has 2 saturated carbocycles. The van der Waals surface area contributed by atoms with Gasteiger partial charge in [-0.1, -0.05) is 101 Å². The number of hydrogen-bond donors (Lipinski definition) is 0. The van der Waals surface area contributed by atoms with Crippen LogP contribution in [-0.4, -0.2) is 23.0 Å². The SMILES string of the molecule is C[Si](C)(C)c1cnc(-c2[c-]cccc2)cc1CC1CCCC1.Cc1ccc2c(n1)oc1c(-c3cc(C(C)(C)C4CCCC4)ccn3)[c-]ccc12.[Ir]. The van der Waals surface area contributed by atoms with E-state index in [-0.39, 0.29) is 25.5 Å². The Morgan fingerprint density at radius 3 is 2.31 bits per heavy atom. The van der Waals surface area contributed by atoms with Crippen LogP contribution in [0.2, 0.25) is 19.6 Å². The Hall–Kier alpha value is -3.44. The molecule has 4 aromatic heterocycles. The number of aromatic nitrogens is 3. The molecule has 0 aliphatic heterocycles. The fraction of sp³-hybridized carbons (Fsp3) is 0.400. The molecule has 0 spiro atoms. The fourth-order valence-corrected chi connectivity index (χ4v) is 9.91. The monoisotopic (exact) mass is 870 g/mol. The van der Waals surface area contributed by atoms with E-state index in [4.69, 9.17) is 9.40 Å². The minimum absolute atomic E-state index is 0. The first kappa shape index (κ1) is 37.3. The summed E-state index contributed by atoms with van der Waals surface area (Å²) in [5, 5.41) is 3.65. The van der Waals surface area contributed by atoms with Gasteiger partial charge in [0.05, 0.1) is 13.7 Å². The number of benzene rings is 2. The fourth-order valence-electron chi connectivity index (χ4n) is 8.32. The van der Waals surface area contributed by atoms with Gasteiger partial charge >= 0.3 is 0 Å². The van der Waals surface area contributed by atoms with Crippen LogP contribution in [-0.2, 0) is 31.9 Å². The molecule has 2 aliphatic rings. The molecule has 0 atom stereocenters. The van der Waals surface area contributed by atoms with Crippen LogP contribution in [0.4, 0.5) is 0 Å². The first-order valence-electron chi connectivity index (χ1n) is 18.7. The van der Waals surface area contributed by atoms with Gasteiger partial charge in [0, 0.05) is 43.6 Å². The van der Waals surface area contributed by atoms with Crippen LogP contribution in [0, 0.1) is 30.9 Å². The van der Waals surface area contributed by atoms with Gasteiger partial charge in [0.1, 0.15) is 0 Å². The number of fused-ring (bicyclic) bond motifs is 3. The number of nitrogens with zero attached hydrogens (tertiary/aromatic N) is 3. The minimum atomic E-state index is -1.35. The van der Waals surface area contributed by atoms with Gasteiger partial charge in [0.15, 0.2) is 0 Å². The number of rotatable bonds is 7. The van der Waals surface area contributed by atoms with Gasteiger partial charge in [0.25, 0.3) is 0 Å². The third kappa shape index (κ3) is 8.14. The van der Waals surface area contributed by atoms with E-state index in [1.807, 2.05) is 43.5 Å². The maximum Gasteiger partial charge on any atom is 0.216 e. The maximum absolute atomic E-state index is 6.16. The van der Waals surface area contributed by atoms with E-state index in [0.717, 1.165) is 56.4 Å². The van der Waals surface area contributed by atoms with Crippen LogP contribution in [0.1, 0.15) is 82.0 Å². The van der Waals surface area contributed by atoms with Gasteiger partial charge in [0.2, 0.25) is 5.71 Å². The summed E-state index contributed by atoms with van der Waals surface area (Å²) in [5.41, 5.74) is 9.52. The average molecular weight is 870 g/mol. The molecule has 1 radical (unpaired) electrons. The normalized spacial score (nSPS) is 15.6. The molecule has 51 heavy (non-hydrogen) atoms. The first-order valence-corrected chi connectivity index (χ1v) is 22.2. The predicted octanol–water partition coefficient (Wildman–Crippen LogP) is 11.4. The van der Waals surface area contributed by atoms with Gasteiger partial charge in [-0.2, -0.15) is 0 Å². The van der Waals surface area contributed by atoms with Crippen LogP contribution < -0.4 is 5.19 Å². The van der Waals surface area contributed by atoms with Crippen LogP contribution >= 0.6 is 0 Å². The summed E-state index contributed by atoms with van der Waals surface area (Å²) < 4.78 is 6.16. The molecule has 6 aromatic rings. The van der Waals surface area contributed by atoms with Crippen molar-refractivity contribution in [2.75, 3.05) is 0 Å². The van der Waals surface area contributed by atoms with Crippen LogP contribution in [0.15, 0.2) is 83.5 Å². The van der Waals surface area contributed by atoms with Crippen molar-refractivity contribution in [1.29, 1.82) is 0 Å². The molecule has 0 amide bonds. The van der Waals surface area contributed by atoms with Crippen molar-refractivity contribution in [1.82, 2.24) is 15.0 Å². The van der Waals surface area contributed by atoms with Gasteiger partial charge in [-0.3, -0.25) is 0 Å². The summed E-state index contributed by atoms with van der Waals surface area (Å²) in [6.07, 6.45) is 16.3. The largest absolute Gasteiger partial charge is 0.486 e. The smallest absolute Gasteiger partial charge is 0.216 e. The molecule has 0 saturated heterocycles. The van der Waals surface area contributed by atoms with E-state index in [0.29, 0.717) is 5.71 Å². The van der Waals surface area contributed by atoms with Crippen molar-refractivity contribution in [3.8, 4) is 22.5 Å². The van der Waals surface area contributed by atoms with E-state index in [1.54, 1.807) is 10.8 Å². The molecule has 8 rings (SSSR count). The zero-order valence-electron chi connectivity index (χ0n) is 31.1. The molecule has 4 nitrogen and oxygen atoms in total. The molecule has 0 unspecified atom stereocenters. The number of hydrogen-bond acceptors (Lipinski definition) is 4. The maximum atomic E-state index is 6.16. The molecule has 267 valence electrons. The van der Waals surface area contributed by atoms with Gasteiger partial charge in [-0.15, -0.1) is 54.1 Å². The number of furan rings is 1. The van der Waals surface area contributed by atoms with Crippen molar-refractivity contribution in [2.24, 2.45) is 11.8 Å². The summed E-state index contributed by atoms with van der Waals surface area (Å²) in [6.45, 7) is 14.0. The molecular formula is C45H51IrN3OSi-2. The van der Waals surface area contributed by atoms with Crippen LogP contribution in [0.25, 0.3) is 44.6 Å². The van der Waals surface area contributed by atoms with E-state index >= 15 is 0 Å². The number of aryl methyl sites for hydroxylation is 1. The Labute approximate surface area is 319 Å². The quantitative estimate of drug-likeness (QED) is 0.118. The summed E-state index contributed by atoms with van der Waals surface area (Å²) in [7, 11) is -1.35. The Kier molecular flexibility index (Phi) is 11.5. The van der Waals surface area contributed by atoms with E-state index in [2.05, 4.69) is 98.2 Å². The predicted molar refractivity (Wildman–Crippen MR) is 210 cm³/mol. The van der Waals surface area contributed by atoms with Crippen molar-refractivity contribution in [3.05, 3.63) is 108 Å². The molecule has 2 aromatic carbocycles. The molecule has 2 fully saturated rings. The second-order valence-corrected chi connectivity index (χ2v) is 21.3. The Bertz CT molecular complexity index is 2090. The minimum Gasteiger partial charge on any atom is -0.486 e.